The highest BCUT2D eigenvalue weighted by Crippen LogP contribution is 2.49. The number of amides is 2. The van der Waals surface area contributed by atoms with E-state index < -0.39 is 5.54 Å². The second-order valence-electron chi connectivity index (χ2n) is 8.32. The fourth-order valence-corrected chi connectivity index (χ4v) is 4.81. The lowest BCUT2D eigenvalue weighted by molar-refractivity contribution is -0.137. The molecule has 0 bridgehead atoms. The lowest BCUT2D eigenvalue weighted by atomic mass is 9.74. The molecule has 1 atom stereocenters. The number of rotatable bonds is 6. The summed E-state index contributed by atoms with van der Waals surface area (Å²) in [6.07, 6.45) is 0.0592. The summed E-state index contributed by atoms with van der Waals surface area (Å²) >= 11 is 0. The number of anilines is 2. The van der Waals surface area contributed by atoms with Crippen LogP contribution in [0.15, 0.2) is 72.8 Å². The summed E-state index contributed by atoms with van der Waals surface area (Å²) in [5, 5.41) is 3.94. The predicted octanol–water partition coefficient (Wildman–Crippen LogP) is 4.76. The Morgan fingerprint density at radius 2 is 1.56 bits per heavy atom. The summed E-state index contributed by atoms with van der Waals surface area (Å²) in [4.78, 5) is 32.1. The first kappa shape index (κ1) is 21.6. The van der Waals surface area contributed by atoms with Gasteiger partial charge in [-0.2, -0.15) is 0 Å². The zero-order chi connectivity index (χ0) is 23.9. The van der Waals surface area contributed by atoms with E-state index in [1.807, 2.05) is 31.2 Å². The second kappa shape index (κ2) is 8.26. The molecule has 7 nitrogen and oxygen atoms in total. The van der Waals surface area contributed by atoms with Gasteiger partial charge in [0.05, 0.1) is 20.6 Å². The zero-order valence-corrected chi connectivity index (χ0v) is 19.2. The third-order valence-electron chi connectivity index (χ3n) is 6.40. The maximum atomic E-state index is 14.0. The number of para-hydroxylation sites is 1. The SMILES string of the molecule is COc1ccc(NC(=O)C2(c3c(C)[nH]c4ccccc34)CC(=O)N2c2ccc(OC)cc2)cc1. The highest BCUT2D eigenvalue weighted by molar-refractivity contribution is 6.18. The van der Waals surface area contributed by atoms with Crippen LogP contribution in [0.2, 0.25) is 0 Å². The summed E-state index contributed by atoms with van der Waals surface area (Å²) in [6, 6.07) is 22.1. The third-order valence-corrected chi connectivity index (χ3v) is 6.40. The number of methoxy groups -OCH3 is 2. The van der Waals surface area contributed by atoms with Crippen LogP contribution in [-0.4, -0.2) is 31.0 Å². The van der Waals surface area contributed by atoms with Crippen LogP contribution in [0.5, 0.6) is 11.5 Å². The number of H-pyrrole nitrogens is 1. The maximum Gasteiger partial charge on any atom is 0.256 e. The van der Waals surface area contributed by atoms with Crippen molar-refractivity contribution in [1.82, 2.24) is 4.98 Å². The molecule has 2 heterocycles. The molecule has 34 heavy (non-hydrogen) atoms. The molecule has 1 saturated heterocycles. The Labute approximate surface area is 197 Å². The third kappa shape index (κ3) is 3.28. The van der Waals surface area contributed by atoms with Crippen molar-refractivity contribution in [3.63, 3.8) is 0 Å². The van der Waals surface area contributed by atoms with E-state index >= 15 is 0 Å². The summed E-state index contributed by atoms with van der Waals surface area (Å²) in [7, 11) is 3.18. The van der Waals surface area contributed by atoms with Crippen molar-refractivity contribution in [2.24, 2.45) is 0 Å². The Balaban J connectivity index is 1.65. The average Bonchev–Trinajstić information content (AvgIpc) is 3.19. The van der Waals surface area contributed by atoms with Crippen LogP contribution in [0.3, 0.4) is 0 Å². The molecule has 1 aliphatic rings. The number of aryl methyl sites for hydroxylation is 1. The van der Waals surface area contributed by atoms with Gasteiger partial charge in [-0.05, 0) is 61.5 Å². The van der Waals surface area contributed by atoms with E-state index in [4.69, 9.17) is 9.47 Å². The second-order valence-corrected chi connectivity index (χ2v) is 8.32. The Bertz CT molecular complexity index is 1380. The van der Waals surface area contributed by atoms with Gasteiger partial charge in [0.25, 0.3) is 5.91 Å². The number of aromatic amines is 1. The number of carbonyl (C=O) groups is 2. The number of benzene rings is 3. The highest BCUT2D eigenvalue weighted by Gasteiger charge is 2.60. The molecule has 5 rings (SSSR count). The van der Waals surface area contributed by atoms with E-state index in [1.54, 1.807) is 67.7 Å². The van der Waals surface area contributed by atoms with Crippen LogP contribution in [-0.2, 0) is 15.1 Å². The first-order valence-electron chi connectivity index (χ1n) is 11.0. The van der Waals surface area contributed by atoms with Crippen LogP contribution in [0, 0.1) is 6.92 Å². The Hall–Kier alpha value is -4.26. The summed E-state index contributed by atoms with van der Waals surface area (Å²) < 4.78 is 10.5. The van der Waals surface area contributed by atoms with Gasteiger partial charge in [-0.1, -0.05) is 18.2 Å². The molecule has 3 aromatic carbocycles. The molecule has 1 fully saturated rings. The first-order chi connectivity index (χ1) is 16.5. The van der Waals surface area contributed by atoms with Gasteiger partial charge in [-0.25, -0.2) is 0 Å². The maximum absolute atomic E-state index is 14.0. The summed E-state index contributed by atoms with van der Waals surface area (Å²) in [6.45, 7) is 1.94. The smallest absolute Gasteiger partial charge is 0.256 e. The topological polar surface area (TPSA) is 83.7 Å². The van der Waals surface area contributed by atoms with Crippen molar-refractivity contribution in [2.75, 3.05) is 24.4 Å². The van der Waals surface area contributed by atoms with Crippen molar-refractivity contribution < 1.29 is 19.1 Å². The molecule has 2 amide bonds. The van der Waals surface area contributed by atoms with Gasteiger partial charge in [0.15, 0.2) is 5.54 Å². The molecule has 0 radical (unpaired) electrons. The monoisotopic (exact) mass is 455 g/mol. The van der Waals surface area contributed by atoms with Crippen molar-refractivity contribution >= 4 is 34.1 Å². The van der Waals surface area contributed by atoms with Gasteiger partial charge < -0.3 is 19.8 Å². The predicted molar refractivity (Wildman–Crippen MR) is 131 cm³/mol. The lowest BCUT2D eigenvalue weighted by Crippen LogP contribution is -2.67. The minimum Gasteiger partial charge on any atom is -0.497 e. The van der Waals surface area contributed by atoms with E-state index in [0.717, 1.165) is 22.2 Å². The number of aromatic nitrogens is 1. The first-order valence-corrected chi connectivity index (χ1v) is 11.0. The molecule has 1 aliphatic heterocycles. The molecule has 1 unspecified atom stereocenters. The molecule has 0 spiro atoms. The molecular weight excluding hydrogens is 430 g/mol. The van der Waals surface area contributed by atoms with E-state index in [2.05, 4.69) is 10.3 Å². The Kier molecular flexibility index (Phi) is 5.24. The van der Waals surface area contributed by atoms with Crippen LogP contribution in [0.4, 0.5) is 11.4 Å². The van der Waals surface area contributed by atoms with Gasteiger partial charge in [-0.15, -0.1) is 0 Å². The van der Waals surface area contributed by atoms with Crippen molar-refractivity contribution in [3.8, 4) is 11.5 Å². The molecule has 1 aromatic heterocycles. The quantitative estimate of drug-likeness (QED) is 0.411. The molecule has 4 aromatic rings. The van der Waals surface area contributed by atoms with E-state index in [9.17, 15) is 9.59 Å². The van der Waals surface area contributed by atoms with Crippen molar-refractivity contribution in [1.29, 1.82) is 0 Å². The van der Waals surface area contributed by atoms with Crippen LogP contribution >= 0.6 is 0 Å². The van der Waals surface area contributed by atoms with Gasteiger partial charge in [0.2, 0.25) is 5.91 Å². The minimum absolute atomic E-state index is 0.0592. The van der Waals surface area contributed by atoms with Crippen LogP contribution in [0.25, 0.3) is 10.9 Å². The fourth-order valence-electron chi connectivity index (χ4n) is 4.81. The molecule has 7 heteroatoms. The van der Waals surface area contributed by atoms with E-state index in [-0.39, 0.29) is 18.2 Å². The number of β-lactam (4-membered cyclic amide) rings is 1. The number of ether oxygens (including phenoxy) is 2. The number of hydrogen-bond acceptors (Lipinski definition) is 4. The number of nitrogens with zero attached hydrogens (tertiary/aromatic N) is 1. The van der Waals surface area contributed by atoms with Crippen molar-refractivity contribution in [3.05, 3.63) is 84.1 Å². The minimum atomic E-state index is -1.21. The zero-order valence-electron chi connectivity index (χ0n) is 19.2. The lowest BCUT2D eigenvalue weighted by Gasteiger charge is -2.50. The summed E-state index contributed by atoms with van der Waals surface area (Å²) in [5.74, 6) is 0.966. The Morgan fingerprint density at radius 1 is 0.941 bits per heavy atom. The Morgan fingerprint density at radius 3 is 2.18 bits per heavy atom. The number of fused-ring (bicyclic) bond motifs is 1. The number of carbonyl (C=O) groups excluding carboxylic acids is 2. The highest BCUT2D eigenvalue weighted by atomic mass is 16.5. The fraction of sp³-hybridized carbons (Fsp3) is 0.185. The van der Waals surface area contributed by atoms with E-state index in [0.29, 0.717) is 22.9 Å². The van der Waals surface area contributed by atoms with Gasteiger partial charge in [-0.3, -0.25) is 14.5 Å². The summed E-state index contributed by atoms with van der Waals surface area (Å²) in [5.41, 5.74) is 2.60. The van der Waals surface area contributed by atoms with Crippen molar-refractivity contribution in [2.45, 2.75) is 18.9 Å². The standard InChI is InChI=1S/C27H25N3O4/c1-17-25(22-6-4-5-7-23(22)28-17)27(26(32)29-18-8-12-20(33-2)13-9-18)16-24(31)30(27)19-10-14-21(34-3)15-11-19/h4-15,28H,16H2,1-3H3,(H,29,32). The number of nitrogens with one attached hydrogen (secondary N) is 2. The van der Waals surface area contributed by atoms with Gasteiger partial charge in [0, 0.05) is 33.5 Å². The molecule has 0 saturated carbocycles. The molecule has 0 aliphatic carbocycles. The molecule has 2 N–H and O–H groups in total. The van der Waals surface area contributed by atoms with Crippen LogP contribution in [0.1, 0.15) is 17.7 Å². The average molecular weight is 456 g/mol. The molecular formula is C27H25N3O4. The van der Waals surface area contributed by atoms with E-state index in [1.165, 1.54) is 0 Å². The number of hydrogen-bond donors (Lipinski definition) is 2. The molecule has 172 valence electrons. The normalized spacial score (nSPS) is 17.4. The van der Waals surface area contributed by atoms with Gasteiger partial charge >= 0.3 is 0 Å². The van der Waals surface area contributed by atoms with Crippen LogP contribution < -0.4 is 19.7 Å². The largest absolute Gasteiger partial charge is 0.497 e. The van der Waals surface area contributed by atoms with Gasteiger partial charge in [0.1, 0.15) is 11.5 Å².